The van der Waals surface area contributed by atoms with Gasteiger partial charge in [-0.25, -0.2) is 18.4 Å². The van der Waals surface area contributed by atoms with Gasteiger partial charge in [-0.2, -0.15) is 23.2 Å². The molecule has 1 N–H and O–H groups in total. The van der Waals surface area contributed by atoms with Crippen molar-refractivity contribution in [3.8, 4) is 17.6 Å². The van der Waals surface area contributed by atoms with Crippen molar-refractivity contribution in [1.29, 1.82) is 5.26 Å². The molecule has 1 aliphatic rings. The highest BCUT2D eigenvalue weighted by molar-refractivity contribution is 7.89. The summed E-state index contributed by atoms with van der Waals surface area (Å²) in [6, 6.07) is 5.02. The number of nitrogens with one attached hydrogen (secondary N) is 1. The van der Waals surface area contributed by atoms with Gasteiger partial charge in [-0.3, -0.25) is 0 Å². The topological polar surface area (TPSA) is 101 Å². The number of benzene rings is 1. The van der Waals surface area contributed by atoms with E-state index in [0.717, 1.165) is 30.8 Å². The van der Waals surface area contributed by atoms with Gasteiger partial charge in [0.2, 0.25) is 10.0 Å². The average molecular weight is 484 g/mol. The molecule has 1 fully saturated rings. The maximum atomic E-state index is 12.7. The second-order valence-corrected chi connectivity index (χ2v) is 9.83. The lowest BCUT2D eigenvalue weighted by molar-refractivity contribution is -0.147. The molecule has 0 saturated heterocycles. The first kappa shape index (κ1) is 22.5. The second kappa shape index (κ2) is 8.03. The lowest BCUT2D eigenvalue weighted by Gasteiger charge is -2.17. The fourth-order valence-corrected chi connectivity index (χ4v) is 4.65. The molecule has 1 saturated carbocycles. The van der Waals surface area contributed by atoms with E-state index in [1.165, 1.54) is 0 Å². The van der Waals surface area contributed by atoms with Crippen LogP contribution in [0.2, 0.25) is 5.02 Å². The molecule has 12 heteroatoms. The van der Waals surface area contributed by atoms with Crippen LogP contribution in [0.25, 0.3) is 22.4 Å². The largest absolute Gasteiger partial charge is 0.404 e. The van der Waals surface area contributed by atoms with Crippen LogP contribution in [0.1, 0.15) is 25.3 Å². The monoisotopic (exact) mass is 483 g/mol. The molecule has 32 heavy (non-hydrogen) atoms. The van der Waals surface area contributed by atoms with Gasteiger partial charge in [0.05, 0.1) is 23.5 Å². The molecule has 1 atom stereocenters. The zero-order chi connectivity index (χ0) is 23.3. The van der Waals surface area contributed by atoms with Gasteiger partial charge in [0.15, 0.2) is 5.82 Å². The molecule has 2 heterocycles. The lowest BCUT2D eigenvalue weighted by atomic mass is 10.1. The normalized spacial score (nSPS) is 15.6. The first-order chi connectivity index (χ1) is 15.0. The van der Waals surface area contributed by atoms with Crippen LogP contribution < -0.4 is 4.72 Å². The van der Waals surface area contributed by atoms with Crippen LogP contribution in [0.3, 0.4) is 0 Å². The van der Waals surface area contributed by atoms with Crippen LogP contribution in [0, 0.1) is 17.2 Å². The molecule has 1 unspecified atom stereocenters. The van der Waals surface area contributed by atoms with Crippen molar-refractivity contribution in [3.05, 3.63) is 41.2 Å². The zero-order valence-electron chi connectivity index (χ0n) is 16.7. The van der Waals surface area contributed by atoms with Gasteiger partial charge in [0, 0.05) is 17.0 Å². The van der Waals surface area contributed by atoms with E-state index in [0.29, 0.717) is 41.1 Å². The van der Waals surface area contributed by atoms with Crippen LogP contribution >= 0.6 is 11.6 Å². The summed E-state index contributed by atoms with van der Waals surface area (Å²) in [6.07, 6.45) is -0.784. The summed E-state index contributed by atoms with van der Waals surface area (Å²) < 4.78 is 66.3. The standard InChI is InChI=1S/C20H17ClF3N5O2S/c1-11(20(22,23)24)28-32(30,31)14-8-26-19(27-9-14)18-16(7-25)15-5-4-13(21)6-17(15)29(18)10-12-2-3-12/h4-6,8-9,11-12,28H,2-3,10H2,1H3. The van der Waals surface area contributed by atoms with Crippen molar-refractivity contribution in [2.75, 3.05) is 0 Å². The predicted octanol–water partition coefficient (Wildman–Crippen LogP) is 4.26. The fraction of sp³-hybridized carbons (Fsp3) is 0.350. The van der Waals surface area contributed by atoms with Gasteiger partial charge in [-0.1, -0.05) is 11.6 Å². The Morgan fingerprint density at radius 2 is 1.97 bits per heavy atom. The molecular weight excluding hydrogens is 467 g/mol. The van der Waals surface area contributed by atoms with Crippen molar-refractivity contribution >= 4 is 32.5 Å². The highest BCUT2D eigenvalue weighted by atomic mass is 35.5. The Hall–Kier alpha value is -2.68. The Labute approximate surface area is 186 Å². The summed E-state index contributed by atoms with van der Waals surface area (Å²) in [5, 5.41) is 11.0. The van der Waals surface area contributed by atoms with Crippen molar-refractivity contribution in [2.45, 2.75) is 43.4 Å². The maximum absolute atomic E-state index is 12.7. The quantitative estimate of drug-likeness (QED) is 0.564. The SMILES string of the molecule is CC(NS(=O)(=O)c1cnc(-c2c(C#N)c3ccc(Cl)cc3n2CC2CC2)nc1)C(F)(F)F. The summed E-state index contributed by atoms with van der Waals surface area (Å²) >= 11 is 6.16. The third-order valence-corrected chi connectivity index (χ3v) is 6.98. The summed E-state index contributed by atoms with van der Waals surface area (Å²) in [4.78, 5) is 7.66. The fourth-order valence-electron chi connectivity index (χ4n) is 3.36. The Morgan fingerprint density at radius 3 is 2.53 bits per heavy atom. The van der Waals surface area contributed by atoms with Crippen molar-refractivity contribution in [1.82, 2.24) is 19.3 Å². The zero-order valence-corrected chi connectivity index (χ0v) is 18.3. The molecule has 1 aliphatic carbocycles. The van der Waals surface area contributed by atoms with Crippen molar-refractivity contribution in [3.63, 3.8) is 0 Å². The number of fused-ring (bicyclic) bond motifs is 1. The van der Waals surface area contributed by atoms with Crippen LogP contribution in [0.5, 0.6) is 0 Å². The minimum atomic E-state index is -4.74. The number of halogens is 4. The minimum absolute atomic E-state index is 0.0948. The van der Waals surface area contributed by atoms with E-state index in [4.69, 9.17) is 11.6 Å². The lowest BCUT2D eigenvalue weighted by Crippen LogP contribution is -2.43. The number of nitriles is 1. The highest BCUT2D eigenvalue weighted by Gasteiger charge is 2.39. The van der Waals surface area contributed by atoms with Gasteiger partial charge in [-0.15, -0.1) is 0 Å². The molecule has 4 rings (SSSR count). The average Bonchev–Trinajstić information content (AvgIpc) is 3.49. The van der Waals surface area contributed by atoms with Crippen molar-refractivity contribution < 1.29 is 21.6 Å². The van der Waals surface area contributed by atoms with Gasteiger partial charge < -0.3 is 4.57 Å². The van der Waals surface area contributed by atoms with E-state index in [-0.39, 0.29) is 5.82 Å². The Morgan fingerprint density at radius 1 is 1.31 bits per heavy atom. The molecule has 0 spiro atoms. The maximum Gasteiger partial charge on any atom is 0.404 e. The van der Waals surface area contributed by atoms with Crippen LogP contribution in [0.15, 0.2) is 35.5 Å². The third-order valence-electron chi connectivity index (χ3n) is 5.25. The number of aromatic nitrogens is 3. The van der Waals surface area contributed by atoms with Crippen LogP contribution in [0.4, 0.5) is 13.2 Å². The summed E-state index contributed by atoms with van der Waals surface area (Å²) in [6.45, 7) is 1.31. The molecule has 1 aromatic carbocycles. The minimum Gasteiger partial charge on any atom is -0.336 e. The number of alkyl halides is 3. The Bertz CT molecular complexity index is 1330. The van der Waals surface area contributed by atoms with Gasteiger partial charge >= 0.3 is 6.18 Å². The number of rotatable bonds is 6. The van der Waals surface area contributed by atoms with Gasteiger partial charge in [-0.05, 0) is 43.9 Å². The van der Waals surface area contributed by atoms with Gasteiger partial charge in [0.25, 0.3) is 0 Å². The van der Waals surface area contributed by atoms with E-state index in [1.807, 2.05) is 4.57 Å². The summed E-state index contributed by atoms with van der Waals surface area (Å²) in [5.41, 5.74) is 1.46. The first-order valence-electron chi connectivity index (χ1n) is 9.64. The van der Waals surface area contributed by atoms with Crippen LogP contribution in [-0.2, 0) is 16.6 Å². The smallest absolute Gasteiger partial charge is 0.336 e. The van der Waals surface area contributed by atoms with E-state index < -0.39 is 27.1 Å². The Balaban J connectivity index is 1.78. The Kier molecular flexibility index (Phi) is 5.65. The van der Waals surface area contributed by atoms with Gasteiger partial charge in [0.1, 0.15) is 22.7 Å². The van der Waals surface area contributed by atoms with Crippen LogP contribution in [-0.4, -0.2) is 35.2 Å². The molecule has 0 bridgehead atoms. The molecule has 7 nitrogen and oxygen atoms in total. The number of hydrogen-bond donors (Lipinski definition) is 1. The molecule has 0 aliphatic heterocycles. The molecule has 0 amide bonds. The van der Waals surface area contributed by atoms with Crippen molar-refractivity contribution in [2.24, 2.45) is 5.92 Å². The summed E-state index contributed by atoms with van der Waals surface area (Å²) in [5.74, 6) is 0.528. The highest BCUT2D eigenvalue weighted by Crippen LogP contribution is 2.38. The molecule has 0 radical (unpaired) electrons. The van der Waals surface area contributed by atoms with E-state index >= 15 is 0 Å². The molecule has 3 aromatic rings. The predicted molar refractivity (Wildman–Crippen MR) is 111 cm³/mol. The summed E-state index contributed by atoms with van der Waals surface area (Å²) in [7, 11) is -4.49. The van der Waals surface area contributed by atoms with E-state index in [2.05, 4.69) is 16.0 Å². The number of hydrogen-bond acceptors (Lipinski definition) is 5. The van der Waals surface area contributed by atoms with E-state index in [1.54, 1.807) is 22.9 Å². The molecule has 168 valence electrons. The molecule has 2 aromatic heterocycles. The molecular formula is C20H17ClF3N5O2S. The second-order valence-electron chi connectivity index (χ2n) is 7.68. The number of nitrogens with zero attached hydrogens (tertiary/aromatic N) is 4. The first-order valence-corrected chi connectivity index (χ1v) is 11.5. The van der Waals surface area contributed by atoms with E-state index in [9.17, 15) is 26.9 Å². The number of sulfonamides is 1. The third kappa shape index (κ3) is 4.30.